The van der Waals surface area contributed by atoms with E-state index in [2.05, 4.69) is 15.8 Å². The van der Waals surface area contributed by atoms with Crippen molar-refractivity contribution in [2.75, 3.05) is 5.32 Å². The number of anilines is 1. The molecule has 3 rings (SSSR count). The Morgan fingerprint density at radius 3 is 2.41 bits per heavy atom. The van der Waals surface area contributed by atoms with Gasteiger partial charge in [0.05, 0.1) is 0 Å². The molecule has 0 atom stereocenters. The molecule has 150 valence electrons. The average Bonchev–Trinajstić information content (AvgIpc) is 3.17. The number of nitrogens with one attached hydrogen (secondary N) is 2. The van der Waals surface area contributed by atoms with Gasteiger partial charge in [-0.3, -0.25) is 9.59 Å². The Balaban J connectivity index is 1.53. The molecule has 0 bridgehead atoms. The van der Waals surface area contributed by atoms with Crippen LogP contribution in [-0.4, -0.2) is 23.0 Å². The fourth-order valence-corrected chi connectivity index (χ4v) is 2.42. The molecule has 2 N–H and O–H groups in total. The van der Waals surface area contributed by atoms with E-state index in [0.29, 0.717) is 22.8 Å². The summed E-state index contributed by atoms with van der Waals surface area (Å²) in [5, 5.41) is 9.17. The van der Waals surface area contributed by atoms with Crippen LogP contribution >= 0.6 is 0 Å². The van der Waals surface area contributed by atoms with Crippen molar-refractivity contribution in [2.24, 2.45) is 0 Å². The standard InChI is InChI=1S/C21H20FN3O4/c1-13(2)23-21(27)19-11-18(29-25-19)12-28-17-9-7-16(8-10-17)24-20(26)14-3-5-15(22)6-4-14/h3-11,13H,12H2,1-2H3,(H,23,27)(H,24,26). The van der Waals surface area contributed by atoms with Gasteiger partial charge in [-0.25, -0.2) is 4.39 Å². The number of carbonyl (C=O) groups excluding carboxylic acids is 2. The number of rotatable bonds is 7. The third kappa shape index (κ3) is 5.65. The third-order valence-corrected chi connectivity index (χ3v) is 3.81. The highest BCUT2D eigenvalue weighted by Crippen LogP contribution is 2.18. The van der Waals surface area contributed by atoms with Gasteiger partial charge in [-0.05, 0) is 62.4 Å². The first-order chi connectivity index (χ1) is 13.9. The number of carbonyl (C=O) groups is 2. The summed E-state index contributed by atoms with van der Waals surface area (Å²) in [6.45, 7) is 3.81. The first-order valence-electron chi connectivity index (χ1n) is 8.97. The first-order valence-corrected chi connectivity index (χ1v) is 8.97. The van der Waals surface area contributed by atoms with Gasteiger partial charge in [0.2, 0.25) is 0 Å². The number of halogens is 1. The maximum Gasteiger partial charge on any atom is 0.273 e. The van der Waals surface area contributed by atoms with Crippen molar-refractivity contribution >= 4 is 17.5 Å². The average molecular weight is 397 g/mol. The molecule has 2 aromatic carbocycles. The van der Waals surface area contributed by atoms with Gasteiger partial charge in [0, 0.05) is 23.4 Å². The largest absolute Gasteiger partial charge is 0.486 e. The quantitative estimate of drug-likeness (QED) is 0.633. The molecule has 29 heavy (non-hydrogen) atoms. The van der Waals surface area contributed by atoms with Crippen molar-refractivity contribution < 1.29 is 23.2 Å². The summed E-state index contributed by atoms with van der Waals surface area (Å²) in [5.74, 6) is -0.0896. The van der Waals surface area contributed by atoms with Crippen LogP contribution in [0.3, 0.4) is 0 Å². The molecule has 1 heterocycles. The van der Waals surface area contributed by atoms with Crippen LogP contribution in [0.5, 0.6) is 5.75 Å². The van der Waals surface area contributed by atoms with Gasteiger partial charge in [-0.15, -0.1) is 0 Å². The van der Waals surface area contributed by atoms with Crippen LogP contribution in [0.25, 0.3) is 0 Å². The molecule has 0 saturated carbocycles. The van der Waals surface area contributed by atoms with Crippen LogP contribution in [0.4, 0.5) is 10.1 Å². The van der Waals surface area contributed by atoms with Gasteiger partial charge in [-0.2, -0.15) is 0 Å². The third-order valence-electron chi connectivity index (χ3n) is 3.81. The Morgan fingerprint density at radius 1 is 1.07 bits per heavy atom. The fourth-order valence-electron chi connectivity index (χ4n) is 2.42. The molecule has 1 aromatic heterocycles. The number of nitrogens with zero attached hydrogens (tertiary/aromatic N) is 1. The molecule has 0 spiro atoms. The predicted molar refractivity (Wildman–Crippen MR) is 104 cm³/mol. The number of ether oxygens (including phenoxy) is 1. The molecule has 0 radical (unpaired) electrons. The highest BCUT2D eigenvalue weighted by atomic mass is 19.1. The van der Waals surface area contributed by atoms with Crippen molar-refractivity contribution in [1.29, 1.82) is 0 Å². The molecule has 7 nitrogen and oxygen atoms in total. The van der Waals surface area contributed by atoms with Gasteiger partial charge in [0.15, 0.2) is 11.5 Å². The maximum atomic E-state index is 12.9. The van der Waals surface area contributed by atoms with E-state index in [4.69, 9.17) is 9.26 Å². The monoisotopic (exact) mass is 397 g/mol. The second kappa shape index (κ2) is 9.01. The van der Waals surface area contributed by atoms with E-state index in [1.807, 2.05) is 13.8 Å². The highest BCUT2D eigenvalue weighted by molar-refractivity contribution is 6.04. The molecular formula is C21H20FN3O4. The fraction of sp³-hybridized carbons (Fsp3) is 0.190. The zero-order valence-corrected chi connectivity index (χ0v) is 15.9. The summed E-state index contributed by atoms with van der Waals surface area (Å²) >= 11 is 0. The van der Waals surface area contributed by atoms with Gasteiger partial charge >= 0.3 is 0 Å². The van der Waals surface area contributed by atoms with Gasteiger partial charge in [0.25, 0.3) is 11.8 Å². The van der Waals surface area contributed by atoms with Crippen molar-refractivity contribution in [3.8, 4) is 5.75 Å². The number of amides is 2. The van der Waals surface area contributed by atoms with Crippen molar-refractivity contribution in [1.82, 2.24) is 10.5 Å². The Bertz CT molecular complexity index is 982. The minimum Gasteiger partial charge on any atom is -0.486 e. The van der Waals surface area contributed by atoms with Crippen molar-refractivity contribution in [2.45, 2.75) is 26.5 Å². The number of hydrogen-bond donors (Lipinski definition) is 2. The lowest BCUT2D eigenvalue weighted by Gasteiger charge is -2.07. The van der Waals surface area contributed by atoms with E-state index in [-0.39, 0.29) is 30.2 Å². The number of aromatic nitrogens is 1. The van der Waals surface area contributed by atoms with Crippen molar-refractivity contribution in [3.05, 3.63) is 77.4 Å². The van der Waals surface area contributed by atoms with E-state index < -0.39 is 5.82 Å². The zero-order chi connectivity index (χ0) is 20.8. The Morgan fingerprint density at radius 2 is 1.76 bits per heavy atom. The lowest BCUT2D eigenvalue weighted by atomic mass is 10.2. The Hall–Kier alpha value is -3.68. The molecule has 3 aromatic rings. The first kappa shape index (κ1) is 20.1. The van der Waals surface area contributed by atoms with E-state index in [1.165, 1.54) is 30.3 Å². The molecular weight excluding hydrogens is 377 g/mol. The Kier molecular flexibility index (Phi) is 6.23. The molecule has 0 aliphatic carbocycles. The van der Waals surface area contributed by atoms with Crippen LogP contribution in [0.2, 0.25) is 0 Å². The molecule has 0 fully saturated rings. The minimum absolute atomic E-state index is 0.000892. The second-order valence-corrected chi connectivity index (χ2v) is 6.58. The van der Waals surface area contributed by atoms with Crippen LogP contribution in [0.15, 0.2) is 59.1 Å². The van der Waals surface area contributed by atoms with Gasteiger partial charge in [0.1, 0.15) is 18.2 Å². The summed E-state index contributed by atoms with van der Waals surface area (Å²) in [7, 11) is 0. The van der Waals surface area contributed by atoms with Gasteiger partial charge in [-0.1, -0.05) is 5.16 Å². The lowest BCUT2D eigenvalue weighted by molar-refractivity contribution is 0.0933. The second-order valence-electron chi connectivity index (χ2n) is 6.58. The van der Waals surface area contributed by atoms with Gasteiger partial charge < -0.3 is 19.9 Å². The zero-order valence-electron chi connectivity index (χ0n) is 15.9. The van der Waals surface area contributed by atoms with E-state index in [0.717, 1.165) is 0 Å². The van der Waals surface area contributed by atoms with Crippen LogP contribution in [0, 0.1) is 5.82 Å². The summed E-state index contributed by atoms with van der Waals surface area (Å²) < 4.78 is 23.6. The van der Waals surface area contributed by atoms with Crippen LogP contribution in [0.1, 0.15) is 40.5 Å². The SMILES string of the molecule is CC(C)NC(=O)c1cc(COc2ccc(NC(=O)c3ccc(F)cc3)cc2)on1. The smallest absolute Gasteiger partial charge is 0.273 e. The normalized spacial score (nSPS) is 10.6. The van der Waals surface area contributed by atoms with Crippen LogP contribution in [-0.2, 0) is 6.61 Å². The topological polar surface area (TPSA) is 93.5 Å². The summed E-state index contributed by atoms with van der Waals surface area (Å²) in [4.78, 5) is 24.0. The summed E-state index contributed by atoms with van der Waals surface area (Å²) in [6.07, 6.45) is 0. The molecule has 0 aliphatic rings. The highest BCUT2D eigenvalue weighted by Gasteiger charge is 2.13. The predicted octanol–water partition coefficient (Wildman–Crippen LogP) is 3.78. The summed E-state index contributed by atoms with van der Waals surface area (Å²) in [5.41, 5.74) is 1.12. The number of hydrogen-bond acceptors (Lipinski definition) is 5. The molecule has 8 heteroatoms. The lowest BCUT2D eigenvalue weighted by Crippen LogP contribution is -2.30. The van der Waals surface area contributed by atoms with Crippen molar-refractivity contribution in [3.63, 3.8) is 0 Å². The van der Waals surface area contributed by atoms with E-state index in [1.54, 1.807) is 24.3 Å². The molecule has 0 unspecified atom stereocenters. The van der Waals surface area contributed by atoms with Crippen LogP contribution < -0.4 is 15.4 Å². The van der Waals surface area contributed by atoms with E-state index >= 15 is 0 Å². The number of benzene rings is 2. The maximum absolute atomic E-state index is 12.9. The summed E-state index contributed by atoms with van der Waals surface area (Å²) in [6, 6.07) is 13.5. The molecule has 0 saturated heterocycles. The Labute approximate surface area is 166 Å². The minimum atomic E-state index is -0.400. The molecule has 2 amide bonds. The van der Waals surface area contributed by atoms with E-state index in [9.17, 15) is 14.0 Å². The molecule has 0 aliphatic heterocycles.